The molecule has 2 heterocycles. The molecule has 0 saturated heterocycles. The summed E-state index contributed by atoms with van der Waals surface area (Å²) in [4.78, 5) is 1.22. The Balaban J connectivity index is 0.000000237. The molecule has 3 heteroatoms. The normalized spacial score (nSPS) is 11.6. The van der Waals surface area contributed by atoms with E-state index in [2.05, 4.69) is 192 Å². The van der Waals surface area contributed by atoms with Gasteiger partial charge in [-0.2, -0.15) is 0 Å². The third-order valence-corrected chi connectivity index (χ3v) is 11.0. The van der Waals surface area contributed by atoms with Gasteiger partial charge in [-0.3, -0.25) is 3.97 Å². The molecule has 0 aliphatic carbocycles. The van der Waals surface area contributed by atoms with E-state index < -0.39 is 0 Å². The number of hydrogen-bond acceptors (Lipinski definition) is 1. The monoisotopic (exact) mass is 660 g/mol. The first-order valence-corrected chi connectivity index (χ1v) is 18.1. The van der Waals surface area contributed by atoms with E-state index >= 15 is 0 Å². The smallest absolute Gasteiger partial charge is 0.0772 e. The van der Waals surface area contributed by atoms with Crippen molar-refractivity contribution in [1.29, 1.82) is 0 Å². The lowest BCUT2D eigenvalue weighted by Crippen LogP contribution is -1.96. The van der Waals surface area contributed by atoms with Crippen molar-refractivity contribution in [3.05, 3.63) is 175 Å². The van der Waals surface area contributed by atoms with Gasteiger partial charge in [0.25, 0.3) is 0 Å². The first-order valence-electron chi connectivity index (χ1n) is 17.3. The summed E-state index contributed by atoms with van der Waals surface area (Å²) in [5.41, 5.74) is 6.30. The molecule has 2 aromatic heterocycles. The predicted molar refractivity (Wildman–Crippen MR) is 217 cm³/mol. The van der Waals surface area contributed by atoms with Crippen molar-refractivity contribution in [2.45, 2.75) is 18.2 Å². The summed E-state index contributed by atoms with van der Waals surface area (Å²) in [6.07, 6.45) is 1.12. The highest BCUT2D eigenvalue weighted by Crippen LogP contribution is 2.40. The molecular weight excluding hydrogens is 625 g/mol. The highest BCUT2D eigenvalue weighted by atomic mass is 32.2. The van der Waals surface area contributed by atoms with E-state index in [9.17, 15) is 0 Å². The van der Waals surface area contributed by atoms with Gasteiger partial charge in [-0.15, -0.1) is 0 Å². The van der Waals surface area contributed by atoms with Crippen molar-refractivity contribution in [3.8, 4) is 11.4 Å². The number of benzene rings is 8. The minimum absolute atomic E-state index is 1.12. The van der Waals surface area contributed by atoms with Crippen LogP contribution in [0.2, 0.25) is 0 Å². The van der Waals surface area contributed by atoms with Gasteiger partial charge in [-0.1, -0.05) is 128 Å². The van der Waals surface area contributed by atoms with E-state index in [0.717, 1.165) is 6.42 Å². The minimum Gasteiger partial charge on any atom is -0.342 e. The Kier molecular flexibility index (Phi) is 7.63. The lowest BCUT2D eigenvalue weighted by atomic mass is 10.1. The molecule has 0 aliphatic rings. The molecule has 0 amide bonds. The second-order valence-electron chi connectivity index (χ2n) is 13.1. The van der Waals surface area contributed by atoms with Crippen molar-refractivity contribution < 1.29 is 0 Å². The lowest BCUT2D eigenvalue weighted by Gasteiger charge is -2.12. The number of aryl methyl sites for hydroxylation is 2. The van der Waals surface area contributed by atoms with Gasteiger partial charge in [0.2, 0.25) is 0 Å². The van der Waals surface area contributed by atoms with Gasteiger partial charge >= 0.3 is 0 Å². The summed E-state index contributed by atoms with van der Waals surface area (Å²) in [7, 11) is 2.19. The van der Waals surface area contributed by atoms with Crippen molar-refractivity contribution in [2.75, 3.05) is 0 Å². The zero-order valence-electron chi connectivity index (χ0n) is 28.2. The summed E-state index contributed by atoms with van der Waals surface area (Å²) in [5, 5.41) is 12.8. The van der Waals surface area contributed by atoms with Gasteiger partial charge in [-0.25, -0.2) is 0 Å². The molecular formula is C47H36N2S. The van der Waals surface area contributed by atoms with E-state index in [-0.39, 0.29) is 0 Å². The van der Waals surface area contributed by atoms with Gasteiger partial charge in [0.1, 0.15) is 0 Å². The fourth-order valence-electron chi connectivity index (χ4n) is 7.21. The molecule has 0 N–H and O–H groups in total. The van der Waals surface area contributed by atoms with Gasteiger partial charge in [0.05, 0.1) is 16.9 Å². The summed E-state index contributed by atoms with van der Waals surface area (Å²) in [5.74, 6) is 0. The Labute approximate surface area is 296 Å². The lowest BCUT2D eigenvalue weighted by molar-refractivity contribution is 0.971. The zero-order chi connectivity index (χ0) is 33.6. The van der Waals surface area contributed by atoms with E-state index in [1.54, 1.807) is 11.9 Å². The maximum Gasteiger partial charge on any atom is 0.0772 e. The van der Waals surface area contributed by atoms with Crippen molar-refractivity contribution in [2.24, 2.45) is 7.05 Å². The molecule has 0 atom stereocenters. The molecule has 10 aromatic rings. The largest absolute Gasteiger partial charge is 0.342 e. The van der Waals surface area contributed by atoms with Crippen LogP contribution in [0.25, 0.3) is 76.3 Å². The Hall–Kier alpha value is -5.77. The standard InChI is InChI=1S/C35H24N2S.C12H12/c1-36-32-19-27-12-6-4-9-24(27)16-29(32)21-34(36)35-22-30-17-25-10-5-7-13-28(25)20-33(30)37(35)38-31-15-14-23-8-2-3-11-26(23)18-31;1-2-10-7-8-11-5-3-4-6-12(11)9-10/h2-22H,1H3;3-9H,2H2,1H3. The minimum atomic E-state index is 1.12. The van der Waals surface area contributed by atoms with Crippen LogP contribution in [0.4, 0.5) is 0 Å². The van der Waals surface area contributed by atoms with Crippen LogP contribution in [-0.4, -0.2) is 8.54 Å². The first kappa shape index (κ1) is 30.3. The molecule has 8 aromatic carbocycles. The molecule has 0 spiro atoms. The van der Waals surface area contributed by atoms with Gasteiger partial charge in [0.15, 0.2) is 0 Å². The molecule has 0 aliphatic heterocycles. The number of nitrogens with zero attached hydrogens (tertiary/aromatic N) is 2. The third-order valence-electron chi connectivity index (χ3n) is 9.94. The SMILES string of the molecule is CCc1ccc2ccccc2c1.Cn1c(-c2cc3cc4ccccc4cc3n2Sc2ccc3ccccc3c2)cc2cc3ccccc3cc21. The van der Waals surface area contributed by atoms with Crippen LogP contribution in [0.15, 0.2) is 175 Å². The topological polar surface area (TPSA) is 9.86 Å². The zero-order valence-corrected chi connectivity index (χ0v) is 29.0. The Bertz CT molecular complexity index is 2860. The van der Waals surface area contributed by atoms with Crippen LogP contribution in [-0.2, 0) is 13.5 Å². The molecule has 0 radical (unpaired) electrons. The highest BCUT2D eigenvalue weighted by molar-refractivity contribution is 7.98. The van der Waals surface area contributed by atoms with Crippen molar-refractivity contribution in [1.82, 2.24) is 8.54 Å². The van der Waals surface area contributed by atoms with Crippen LogP contribution in [0.3, 0.4) is 0 Å². The summed E-state index contributed by atoms with van der Waals surface area (Å²) in [6, 6.07) is 61.7. The van der Waals surface area contributed by atoms with E-state index in [0.29, 0.717) is 0 Å². The average Bonchev–Trinajstić information content (AvgIpc) is 3.67. The van der Waals surface area contributed by atoms with Crippen LogP contribution in [0, 0.1) is 0 Å². The molecule has 0 bridgehead atoms. The molecule has 0 unspecified atom stereocenters. The van der Waals surface area contributed by atoms with Crippen LogP contribution >= 0.6 is 11.9 Å². The van der Waals surface area contributed by atoms with E-state index in [1.165, 1.54) is 86.7 Å². The van der Waals surface area contributed by atoms with E-state index in [1.807, 2.05) is 0 Å². The second-order valence-corrected chi connectivity index (χ2v) is 14.1. The van der Waals surface area contributed by atoms with Gasteiger partial charge < -0.3 is 4.57 Å². The molecule has 10 rings (SSSR count). The third kappa shape index (κ3) is 5.50. The summed E-state index contributed by atoms with van der Waals surface area (Å²) in [6.45, 7) is 2.18. The number of hydrogen-bond donors (Lipinski definition) is 0. The second kappa shape index (κ2) is 12.6. The molecule has 0 fully saturated rings. The molecule has 2 nitrogen and oxygen atoms in total. The fourth-order valence-corrected chi connectivity index (χ4v) is 8.23. The summed E-state index contributed by atoms with van der Waals surface area (Å²) < 4.78 is 4.76. The van der Waals surface area contributed by atoms with Crippen LogP contribution in [0.5, 0.6) is 0 Å². The highest BCUT2D eigenvalue weighted by Gasteiger charge is 2.18. The maximum atomic E-state index is 2.42. The predicted octanol–water partition coefficient (Wildman–Crippen LogP) is 13.2. The molecule has 0 saturated carbocycles. The first-order chi connectivity index (χ1) is 24.6. The number of aromatic nitrogens is 2. The molecule has 50 heavy (non-hydrogen) atoms. The van der Waals surface area contributed by atoms with E-state index in [4.69, 9.17) is 0 Å². The fraction of sp³-hybridized carbons (Fsp3) is 0.0638. The van der Waals surface area contributed by atoms with Gasteiger partial charge in [0, 0.05) is 28.2 Å². The van der Waals surface area contributed by atoms with Crippen LogP contribution in [0.1, 0.15) is 12.5 Å². The number of fused-ring (bicyclic) bond motifs is 6. The average molecular weight is 661 g/mol. The number of rotatable bonds is 4. The molecule has 240 valence electrons. The summed E-state index contributed by atoms with van der Waals surface area (Å²) >= 11 is 1.79. The Morgan fingerprint density at radius 2 is 0.860 bits per heavy atom. The van der Waals surface area contributed by atoms with Crippen molar-refractivity contribution >= 4 is 76.8 Å². The quantitative estimate of drug-likeness (QED) is 0.183. The van der Waals surface area contributed by atoms with Crippen LogP contribution < -0.4 is 0 Å². The maximum absolute atomic E-state index is 2.42. The van der Waals surface area contributed by atoms with Crippen molar-refractivity contribution in [3.63, 3.8) is 0 Å². The Morgan fingerprint density at radius 1 is 0.400 bits per heavy atom. The van der Waals surface area contributed by atoms with Gasteiger partial charge in [-0.05, 0) is 116 Å². The Morgan fingerprint density at radius 3 is 1.46 bits per heavy atom.